The molecule has 0 aromatic carbocycles. The monoisotopic (exact) mass is 223 g/mol. The predicted molar refractivity (Wildman–Crippen MR) is 32.0 cm³/mol. The second kappa shape index (κ2) is 2.67. The number of halogens is 1. The Bertz CT molecular complexity index is 107. The first-order valence-corrected chi connectivity index (χ1v) is 5.99. The molecule has 1 rings (SSSR count). The Morgan fingerprint density at radius 3 is 2.57 bits per heavy atom. The molecule has 1 atom stereocenters. The Morgan fingerprint density at radius 1 is 1.43 bits per heavy atom. The zero-order valence-electron chi connectivity index (χ0n) is 4.26. The molecule has 1 aliphatic rings. The first-order chi connectivity index (χ1) is 3.39. The van der Waals surface area contributed by atoms with Gasteiger partial charge in [-0.05, 0) is 0 Å². The maximum atomic E-state index is 2.34. The van der Waals surface area contributed by atoms with Gasteiger partial charge in [-0.3, -0.25) is 0 Å². The van der Waals surface area contributed by atoms with Gasteiger partial charge in [0.25, 0.3) is 0 Å². The predicted octanol–water partition coefficient (Wildman–Crippen LogP) is -3.15. The van der Waals surface area contributed by atoms with Gasteiger partial charge in [0, 0.05) is 0 Å². The standard InChI is InChI=1S/C5H8ISi/c7-5-3-1-2-4-6-5/h1-5H,7H3/q-1. The molecule has 7 heavy (non-hydrogen) atoms. The van der Waals surface area contributed by atoms with Crippen LogP contribution in [0.5, 0.6) is 0 Å². The summed E-state index contributed by atoms with van der Waals surface area (Å²) >= 11 is 0.446. The fraction of sp³-hybridized carbons (Fsp3) is 0.200. The first kappa shape index (κ1) is 5.56. The molecule has 2 heteroatoms. The molecular weight excluding hydrogens is 215 g/mol. The van der Waals surface area contributed by atoms with E-state index in [-0.39, 0.29) is 0 Å². The van der Waals surface area contributed by atoms with Gasteiger partial charge in [-0.1, -0.05) is 0 Å². The summed E-state index contributed by atoms with van der Waals surface area (Å²) in [5.74, 6) is 0. The average molecular weight is 223 g/mol. The van der Waals surface area contributed by atoms with Crippen molar-refractivity contribution in [2.24, 2.45) is 0 Å². The van der Waals surface area contributed by atoms with Crippen LogP contribution in [0.15, 0.2) is 22.3 Å². The molecule has 0 aromatic rings. The zero-order chi connectivity index (χ0) is 5.11. The van der Waals surface area contributed by atoms with Crippen LogP contribution in [0.4, 0.5) is 0 Å². The fourth-order valence-corrected chi connectivity index (χ4v) is 3.27. The Kier molecular flexibility index (Phi) is 2.12. The van der Waals surface area contributed by atoms with Crippen molar-refractivity contribution >= 4 is 10.2 Å². The molecule has 0 bridgehead atoms. The van der Waals surface area contributed by atoms with E-state index in [1.165, 1.54) is 10.2 Å². The Morgan fingerprint density at radius 2 is 2.29 bits per heavy atom. The van der Waals surface area contributed by atoms with Crippen LogP contribution in [0.25, 0.3) is 0 Å². The normalized spacial score (nSPS) is 30.0. The third-order valence-electron chi connectivity index (χ3n) is 0.832. The summed E-state index contributed by atoms with van der Waals surface area (Å²) in [6, 6.07) is 0. The number of rotatable bonds is 0. The van der Waals surface area contributed by atoms with E-state index in [1.54, 1.807) is 0 Å². The molecule has 0 radical (unpaired) electrons. The van der Waals surface area contributed by atoms with Crippen molar-refractivity contribution in [1.29, 1.82) is 0 Å². The van der Waals surface area contributed by atoms with Gasteiger partial charge in [-0.25, -0.2) is 0 Å². The van der Waals surface area contributed by atoms with Crippen molar-refractivity contribution in [3.05, 3.63) is 22.3 Å². The van der Waals surface area contributed by atoms with Gasteiger partial charge >= 0.3 is 57.3 Å². The molecule has 0 saturated heterocycles. The first-order valence-electron chi connectivity index (χ1n) is 2.35. The Balaban J connectivity index is 2.49. The molecule has 40 valence electrons. The van der Waals surface area contributed by atoms with Gasteiger partial charge in [-0.2, -0.15) is 0 Å². The van der Waals surface area contributed by atoms with Crippen LogP contribution >= 0.6 is 0 Å². The number of alkyl halides is 1. The van der Waals surface area contributed by atoms with Crippen LogP contribution in [0, 0.1) is 0 Å². The molecular formula is C5H8ISi-. The van der Waals surface area contributed by atoms with E-state index >= 15 is 0 Å². The summed E-state index contributed by atoms with van der Waals surface area (Å²) < 4.78 is 3.36. The van der Waals surface area contributed by atoms with E-state index in [0.717, 1.165) is 3.55 Å². The van der Waals surface area contributed by atoms with Crippen molar-refractivity contribution in [3.8, 4) is 0 Å². The summed E-state index contributed by atoms with van der Waals surface area (Å²) in [6.45, 7) is 0. The number of allylic oxidation sites excluding steroid dienone is 3. The van der Waals surface area contributed by atoms with Gasteiger partial charge in [0.05, 0.1) is 0 Å². The van der Waals surface area contributed by atoms with E-state index in [1.807, 2.05) is 0 Å². The summed E-state index contributed by atoms with van der Waals surface area (Å²) in [5, 5.41) is 0. The molecule has 0 spiro atoms. The average Bonchev–Trinajstić information content (AvgIpc) is 1.69. The molecule has 0 saturated carbocycles. The molecule has 0 nitrogen and oxygen atoms in total. The van der Waals surface area contributed by atoms with Gasteiger partial charge < -0.3 is 0 Å². The molecule has 0 aliphatic carbocycles. The number of hydrogen-bond acceptors (Lipinski definition) is 0. The zero-order valence-corrected chi connectivity index (χ0v) is 8.42. The molecule has 1 unspecified atom stereocenters. The Hall–Kier alpha value is 0.427. The summed E-state index contributed by atoms with van der Waals surface area (Å²) in [6.07, 6.45) is 6.67. The van der Waals surface area contributed by atoms with E-state index in [0.29, 0.717) is 21.2 Å². The summed E-state index contributed by atoms with van der Waals surface area (Å²) in [5.41, 5.74) is 0. The van der Waals surface area contributed by atoms with Crippen LogP contribution < -0.4 is 21.2 Å². The molecule has 1 heterocycles. The van der Waals surface area contributed by atoms with Crippen molar-refractivity contribution in [2.45, 2.75) is 3.55 Å². The molecule has 0 aromatic heterocycles. The maximum absolute atomic E-state index is 2.34. The van der Waals surface area contributed by atoms with Crippen LogP contribution in [0.3, 0.4) is 0 Å². The van der Waals surface area contributed by atoms with E-state index in [4.69, 9.17) is 0 Å². The van der Waals surface area contributed by atoms with E-state index in [9.17, 15) is 0 Å². The molecule has 0 amide bonds. The van der Waals surface area contributed by atoms with Crippen LogP contribution in [-0.2, 0) is 0 Å². The van der Waals surface area contributed by atoms with Crippen LogP contribution in [0.2, 0.25) is 0 Å². The third kappa shape index (κ3) is 1.77. The SMILES string of the molecule is [SiH3]C1C=CC=C[I-]1. The molecule has 1 aliphatic heterocycles. The van der Waals surface area contributed by atoms with Gasteiger partial charge in [0.2, 0.25) is 0 Å². The van der Waals surface area contributed by atoms with Crippen molar-refractivity contribution in [1.82, 2.24) is 0 Å². The van der Waals surface area contributed by atoms with E-state index in [2.05, 4.69) is 22.3 Å². The van der Waals surface area contributed by atoms with Crippen LogP contribution in [-0.4, -0.2) is 13.8 Å². The molecule has 0 N–H and O–H groups in total. The number of hydrogen-bond donors (Lipinski definition) is 0. The third-order valence-corrected chi connectivity index (χ3v) is 5.29. The quantitative estimate of drug-likeness (QED) is 0.231. The molecule has 0 fully saturated rings. The van der Waals surface area contributed by atoms with Crippen molar-refractivity contribution in [3.63, 3.8) is 0 Å². The van der Waals surface area contributed by atoms with Crippen molar-refractivity contribution in [2.75, 3.05) is 0 Å². The Labute approximate surface area is 57.4 Å². The fourth-order valence-electron chi connectivity index (χ4n) is 0.458. The van der Waals surface area contributed by atoms with E-state index < -0.39 is 0 Å². The van der Waals surface area contributed by atoms with Gasteiger partial charge in [0.15, 0.2) is 0 Å². The van der Waals surface area contributed by atoms with Gasteiger partial charge in [0.1, 0.15) is 0 Å². The minimum atomic E-state index is 0.446. The second-order valence-electron chi connectivity index (χ2n) is 1.51. The van der Waals surface area contributed by atoms with Crippen LogP contribution in [0.1, 0.15) is 0 Å². The topological polar surface area (TPSA) is 0 Å². The summed E-state index contributed by atoms with van der Waals surface area (Å²) in [4.78, 5) is 0. The second-order valence-corrected chi connectivity index (χ2v) is 8.50. The van der Waals surface area contributed by atoms with Gasteiger partial charge in [-0.15, -0.1) is 0 Å². The summed E-state index contributed by atoms with van der Waals surface area (Å²) in [7, 11) is 1.36. The minimum absolute atomic E-state index is 0.446. The van der Waals surface area contributed by atoms with Crippen molar-refractivity contribution < 1.29 is 21.2 Å².